The fourth-order valence-corrected chi connectivity index (χ4v) is 1.76. The van der Waals surface area contributed by atoms with E-state index < -0.39 is 11.7 Å². The number of hydrogen-bond acceptors (Lipinski definition) is 3. The normalized spacial score (nSPS) is 11.0. The zero-order valence-corrected chi connectivity index (χ0v) is 10.8. The molecule has 2 aromatic rings. The summed E-state index contributed by atoms with van der Waals surface area (Å²) in [6.07, 6.45) is -4.39. The Kier molecular flexibility index (Phi) is 4.03. The number of nitrogens with zero attached hydrogens (tertiary/aromatic N) is 1. The standard InChI is InChI=1S/C15H11F3N2O/c16-15(17,18)12-3-1-2-10(6-12)9-21-14-5-4-13(20)7-11(14)8-19/h1-7H,9,20H2. The lowest BCUT2D eigenvalue weighted by Crippen LogP contribution is -2.06. The molecule has 21 heavy (non-hydrogen) atoms. The van der Waals surface area contributed by atoms with E-state index in [4.69, 9.17) is 15.7 Å². The summed E-state index contributed by atoms with van der Waals surface area (Å²) in [5.74, 6) is 0.282. The minimum Gasteiger partial charge on any atom is -0.488 e. The number of nitrogen functional groups attached to an aromatic ring is 1. The second kappa shape index (κ2) is 5.75. The Morgan fingerprint density at radius 2 is 1.90 bits per heavy atom. The first kappa shape index (κ1) is 14.7. The third-order valence-corrected chi connectivity index (χ3v) is 2.77. The highest BCUT2D eigenvalue weighted by molar-refractivity contribution is 5.53. The summed E-state index contributed by atoms with van der Waals surface area (Å²) in [5.41, 5.74) is 5.83. The van der Waals surface area contributed by atoms with Crippen molar-refractivity contribution in [1.82, 2.24) is 0 Å². The quantitative estimate of drug-likeness (QED) is 0.877. The first-order valence-electron chi connectivity index (χ1n) is 5.98. The van der Waals surface area contributed by atoms with Crippen LogP contribution in [-0.2, 0) is 12.8 Å². The van der Waals surface area contributed by atoms with Gasteiger partial charge in [-0.1, -0.05) is 12.1 Å². The maximum absolute atomic E-state index is 12.6. The molecule has 0 saturated carbocycles. The van der Waals surface area contributed by atoms with E-state index in [0.717, 1.165) is 12.1 Å². The van der Waals surface area contributed by atoms with Crippen LogP contribution in [0.5, 0.6) is 5.75 Å². The van der Waals surface area contributed by atoms with Gasteiger partial charge in [0.2, 0.25) is 0 Å². The van der Waals surface area contributed by atoms with Gasteiger partial charge in [-0.25, -0.2) is 0 Å². The molecule has 0 aliphatic carbocycles. The van der Waals surface area contributed by atoms with Gasteiger partial charge in [-0.2, -0.15) is 18.4 Å². The number of rotatable bonds is 3. The van der Waals surface area contributed by atoms with E-state index in [0.29, 0.717) is 11.3 Å². The summed E-state index contributed by atoms with van der Waals surface area (Å²) in [6, 6.07) is 11.3. The van der Waals surface area contributed by atoms with Crippen molar-refractivity contribution in [2.45, 2.75) is 12.8 Å². The maximum atomic E-state index is 12.6. The fraction of sp³-hybridized carbons (Fsp3) is 0.133. The molecule has 0 heterocycles. The van der Waals surface area contributed by atoms with Crippen LogP contribution in [0.4, 0.5) is 18.9 Å². The van der Waals surface area contributed by atoms with Crippen molar-refractivity contribution < 1.29 is 17.9 Å². The highest BCUT2D eigenvalue weighted by Crippen LogP contribution is 2.30. The molecule has 3 nitrogen and oxygen atoms in total. The predicted octanol–water partition coefficient (Wildman–Crippen LogP) is 3.74. The van der Waals surface area contributed by atoms with E-state index in [1.807, 2.05) is 6.07 Å². The lowest BCUT2D eigenvalue weighted by atomic mass is 10.1. The second-order valence-electron chi connectivity index (χ2n) is 4.35. The van der Waals surface area contributed by atoms with Crippen molar-refractivity contribution >= 4 is 5.69 Å². The van der Waals surface area contributed by atoms with Crippen molar-refractivity contribution in [2.75, 3.05) is 5.73 Å². The van der Waals surface area contributed by atoms with Crippen LogP contribution in [0.3, 0.4) is 0 Å². The zero-order chi connectivity index (χ0) is 15.5. The lowest BCUT2D eigenvalue weighted by molar-refractivity contribution is -0.137. The number of hydrogen-bond donors (Lipinski definition) is 1. The number of ether oxygens (including phenoxy) is 1. The van der Waals surface area contributed by atoms with Crippen molar-refractivity contribution in [2.24, 2.45) is 0 Å². The first-order chi connectivity index (χ1) is 9.90. The van der Waals surface area contributed by atoms with E-state index in [-0.39, 0.29) is 17.9 Å². The Morgan fingerprint density at radius 1 is 1.14 bits per heavy atom. The van der Waals surface area contributed by atoms with E-state index in [9.17, 15) is 13.2 Å². The van der Waals surface area contributed by atoms with Crippen molar-refractivity contribution in [3.63, 3.8) is 0 Å². The Bertz CT molecular complexity index is 690. The van der Waals surface area contributed by atoms with Gasteiger partial charge < -0.3 is 10.5 Å². The molecule has 0 unspecified atom stereocenters. The van der Waals surface area contributed by atoms with Crippen LogP contribution in [0.2, 0.25) is 0 Å². The molecule has 0 saturated heterocycles. The van der Waals surface area contributed by atoms with Gasteiger partial charge in [0, 0.05) is 5.69 Å². The molecule has 0 fully saturated rings. The molecule has 0 spiro atoms. The minimum absolute atomic E-state index is 0.0669. The minimum atomic E-state index is -4.39. The average Bonchev–Trinajstić information content (AvgIpc) is 2.45. The highest BCUT2D eigenvalue weighted by atomic mass is 19.4. The van der Waals surface area contributed by atoms with E-state index in [2.05, 4.69) is 0 Å². The average molecular weight is 292 g/mol. The molecule has 0 aliphatic heterocycles. The van der Waals surface area contributed by atoms with E-state index >= 15 is 0 Å². The van der Waals surface area contributed by atoms with Crippen LogP contribution < -0.4 is 10.5 Å². The van der Waals surface area contributed by atoms with E-state index in [1.54, 1.807) is 6.07 Å². The van der Waals surface area contributed by atoms with Crippen molar-refractivity contribution in [3.8, 4) is 11.8 Å². The smallest absolute Gasteiger partial charge is 0.416 e. The van der Waals surface area contributed by atoms with Crippen LogP contribution in [0.15, 0.2) is 42.5 Å². The Labute approximate surface area is 119 Å². The molecule has 0 aliphatic rings. The van der Waals surface area contributed by atoms with Crippen LogP contribution in [0, 0.1) is 11.3 Å². The number of nitrogens with two attached hydrogens (primary N) is 1. The largest absolute Gasteiger partial charge is 0.488 e. The van der Waals surface area contributed by atoms with Crippen molar-refractivity contribution in [3.05, 3.63) is 59.2 Å². The highest BCUT2D eigenvalue weighted by Gasteiger charge is 2.30. The van der Waals surface area contributed by atoms with E-state index in [1.165, 1.54) is 24.3 Å². The van der Waals surface area contributed by atoms with Crippen LogP contribution in [0.25, 0.3) is 0 Å². The van der Waals surface area contributed by atoms with Crippen LogP contribution in [0.1, 0.15) is 16.7 Å². The number of benzene rings is 2. The topological polar surface area (TPSA) is 59.0 Å². The second-order valence-corrected chi connectivity index (χ2v) is 4.35. The summed E-state index contributed by atoms with van der Waals surface area (Å²) in [7, 11) is 0. The van der Waals surface area contributed by atoms with Gasteiger partial charge in [-0.05, 0) is 35.9 Å². The summed E-state index contributed by atoms with van der Waals surface area (Å²) in [6.45, 7) is -0.0669. The Balaban J connectivity index is 2.16. The SMILES string of the molecule is N#Cc1cc(N)ccc1OCc1cccc(C(F)(F)F)c1. The van der Waals surface area contributed by atoms with Gasteiger partial charge in [0.15, 0.2) is 0 Å². The third-order valence-electron chi connectivity index (χ3n) is 2.77. The molecule has 2 N–H and O–H groups in total. The molecule has 2 aromatic carbocycles. The molecule has 0 aromatic heterocycles. The molecule has 108 valence electrons. The van der Waals surface area contributed by atoms with Crippen LogP contribution >= 0.6 is 0 Å². The number of halogens is 3. The molecule has 0 atom stereocenters. The van der Waals surface area contributed by atoms with Gasteiger partial charge in [0.1, 0.15) is 18.4 Å². The van der Waals surface area contributed by atoms with Gasteiger partial charge in [0.25, 0.3) is 0 Å². The van der Waals surface area contributed by atoms with Gasteiger partial charge in [-0.3, -0.25) is 0 Å². The Morgan fingerprint density at radius 3 is 2.57 bits per heavy atom. The van der Waals surface area contributed by atoms with Gasteiger partial charge in [0.05, 0.1) is 11.1 Å². The predicted molar refractivity (Wildman–Crippen MR) is 71.3 cm³/mol. The number of anilines is 1. The maximum Gasteiger partial charge on any atom is 0.416 e. The first-order valence-corrected chi connectivity index (χ1v) is 5.98. The molecular formula is C15H11F3N2O. The lowest BCUT2D eigenvalue weighted by Gasteiger charge is -2.11. The number of nitriles is 1. The summed E-state index contributed by atoms with van der Waals surface area (Å²) in [4.78, 5) is 0. The van der Waals surface area contributed by atoms with Crippen LogP contribution in [-0.4, -0.2) is 0 Å². The third kappa shape index (κ3) is 3.66. The summed E-state index contributed by atoms with van der Waals surface area (Å²) < 4.78 is 43.2. The molecule has 0 bridgehead atoms. The number of alkyl halides is 3. The fourth-order valence-electron chi connectivity index (χ4n) is 1.76. The molecule has 2 rings (SSSR count). The molecule has 0 radical (unpaired) electrons. The zero-order valence-electron chi connectivity index (χ0n) is 10.8. The van der Waals surface area contributed by atoms with Gasteiger partial charge in [-0.15, -0.1) is 0 Å². The summed E-state index contributed by atoms with van der Waals surface area (Å²) >= 11 is 0. The monoisotopic (exact) mass is 292 g/mol. The van der Waals surface area contributed by atoms with Gasteiger partial charge >= 0.3 is 6.18 Å². The molecular weight excluding hydrogens is 281 g/mol. The summed E-state index contributed by atoms with van der Waals surface area (Å²) in [5, 5.41) is 8.96. The molecule has 6 heteroatoms. The molecule has 0 amide bonds. The Hall–Kier alpha value is -2.68. The van der Waals surface area contributed by atoms with Crippen molar-refractivity contribution in [1.29, 1.82) is 5.26 Å².